The van der Waals surface area contributed by atoms with Gasteiger partial charge in [0, 0.05) is 0 Å². The van der Waals surface area contributed by atoms with Crippen molar-refractivity contribution in [3.8, 4) is 22.3 Å². The van der Waals surface area contributed by atoms with Gasteiger partial charge in [-0.3, -0.25) is 0 Å². The van der Waals surface area contributed by atoms with Crippen LogP contribution in [0.15, 0.2) is 54.6 Å². The van der Waals surface area contributed by atoms with Crippen molar-refractivity contribution in [2.75, 3.05) is 0 Å². The van der Waals surface area contributed by atoms with Gasteiger partial charge in [0.05, 0.1) is 0 Å². The van der Waals surface area contributed by atoms with Crippen LogP contribution >= 0.6 is 40.4 Å². The topological polar surface area (TPSA) is 0 Å². The fraction of sp³-hybridized carbons (Fsp3) is 0.643. The molecule has 0 unspecified atom stereocenters. The zero-order valence-electron chi connectivity index (χ0n) is 59.9. The normalized spacial score (nSPS) is 23.6. The van der Waals surface area contributed by atoms with Gasteiger partial charge in [-0.1, -0.05) is 0 Å². The fourth-order valence-corrected chi connectivity index (χ4v) is 37.5. The first-order valence-electron chi connectivity index (χ1n) is 35.7. The van der Waals surface area contributed by atoms with Crippen LogP contribution in [0.4, 0.5) is 0 Å². The summed E-state index contributed by atoms with van der Waals surface area (Å²) in [7, 11) is -2.10. The number of hydrogen-bond donors (Lipinski definition) is 0. The number of unbranched alkanes of at least 4 members (excludes halogenated alkanes) is 3. The first kappa shape index (κ1) is 66.9. The fourth-order valence-electron chi connectivity index (χ4n) is 20.1. The van der Waals surface area contributed by atoms with E-state index in [-0.39, 0.29) is 65.0 Å². The third kappa shape index (κ3) is 10.1. The molecule has 0 saturated heterocycles. The Hall–Kier alpha value is -1.10. The Kier molecular flexibility index (Phi) is 16.7. The average molecular weight is 1570 g/mol. The molecule has 0 saturated carbocycles. The molecule has 0 aromatic heterocycles. The molecule has 0 amide bonds. The third-order valence-corrected chi connectivity index (χ3v) is 42.8. The molecule has 0 aliphatic heterocycles. The molecule has 2 radical (unpaired) electrons. The molecular formula is C84H116GeI2Sn. The van der Waals surface area contributed by atoms with Crippen LogP contribution in [0, 0.1) is 0 Å². The van der Waals surface area contributed by atoms with E-state index < -0.39 is 27.5 Å². The van der Waals surface area contributed by atoms with Crippen LogP contribution < -0.4 is 4.40 Å². The van der Waals surface area contributed by atoms with Crippen LogP contribution in [0.3, 0.4) is 0 Å². The van der Waals surface area contributed by atoms with Gasteiger partial charge in [0.2, 0.25) is 0 Å². The van der Waals surface area contributed by atoms with Gasteiger partial charge in [-0.25, -0.2) is 0 Å². The molecular weight excluding hydrogens is 1450 g/mol. The summed E-state index contributed by atoms with van der Waals surface area (Å²) in [6.07, 6.45) is 20.9. The Morgan fingerprint density at radius 1 is 0.295 bits per heavy atom. The Morgan fingerprint density at radius 2 is 0.500 bits per heavy atom. The molecule has 8 aliphatic carbocycles. The Balaban J connectivity index is 0.000000522. The van der Waals surface area contributed by atoms with E-state index in [4.69, 9.17) is 0 Å². The van der Waals surface area contributed by atoms with Crippen molar-refractivity contribution in [3.05, 3.63) is 144 Å². The predicted molar refractivity (Wildman–Crippen MR) is 405 cm³/mol. The molecule has 0 nitrogen and oxygen atoms in total. The number of rotatable bonds is 10. The first-order chi connectivity index (χ1) is 40.7. The molecule has 13 rings (SSSR count). The van der Waals surface area contributed by atoms with E-state index >= 15 is 0 Å². The summed E-state index contributed by atoms with van der Waals surface area (Å²) in [5.74, 6) is 0. The quantitative estimate of drug-likeness (QED) is 0.0966. The van der Waals surface area contributed by atoms with Crippen molar-refractivity contribution in [1.29, 1.82) is 0 Å². The van der Waals surface area contributed by atoms with Gasteiger partial charge in [0.1, 0.15) is 0 Å². The van der Waals surface area contributed by atoms with Crippen molar-refractivity contribution in [1.82, 2.24) is 0 Å². The van der Waals surface area contributed by atoms with Crippen molar-refractivity contribution >= 4 is 72.3 Å². The van der Waals surface area contributed by atoms with Crippen LogP contribution in [-0.4, -0.2) is 27.5 Å². The average Bonchev–Trinajstić information content (AvgIpc) is 1.48. The van der Waals surface area contributed by atoms with Crippen LogP contribution in [-0.2, 0) is 65.0 Å². The molecule has 5 aromatic rings. The van der Waals surface area contributed by atoms with E-state index in [0.29, 0.717) is 0 Å². The van der Waals surface area contributed by atoms with Gasteiger partial charge in [-0.2, -0.15) is 0 Å². The van der Waals surface area contributed by atoms with Gasteiger partial charge >= 0.3 is 578 Å². The van der Waals surface area contributed by atoms with E-state index in [2.05, 4.69) is 254 Å². The predicted octanol–water partition coefficient (Wildman–Crippen LogP) is 24.5. The van der Waals surface area contributed by atoms with Crippen LogP contribution in [0.5, 0.6) is 0 Å². The number of benzene rings is 5. The maximum atomic E-state index is 3.09. The summed E-state index contributed by atoms with van der Waals surface area (Å²) in [6, 6.07) is 25.6. The first-order valence-corrected chi connectivity index (χ1v) is 55.6. The SMILES string of the molecule is CC1(C)CCC(C)(C)c2cc3c(cc21)-c1cc2c(cc1C31CC(C)(C)c3cc4c([c]([Ge]([I])[I])c31)C1(CC4(C)C)c3cc4c(cc3-c3cc5c(cc31)C(C)(C)CCC5(C)C)C(C)(C)CCC4(C)C)C(C)(C)CCC2(C)C.CCC[CH2][Sn]([CH2]CCC)[CH2]CCC. The van der Waals surface area contributed by atoms with Crippen molar-refractivity contribution < 1.29 is 0 Å². The molecule has 4 heteroatoms. The van der Waals surface area contributed by atoms with Crippen molar-refractivity contribution in [2.24, 2.45) is 0 Å². The van der Waals surface area contributed by atoms with Crippen LogP contribution in [0.1, 0.15) is 351 Å². The van der Waals surface area contributed by atoms with E-state index in [0.717, 1.165) is 12.8 Å². The summed E-state index contributed by atoms with van der Waals surface area (Å²) in [6.45, 7) is 58.6. The molecule has 0 N–H and O–H groups in total. The zero-order chi connectivity index (χ0) is 64.1. The van der Waals surface area contributed by atoms with Crippen molar-refractivity contribution in [3.63, 3.8) is 0 Å². The molecule has 0 heterocycles. The number of hydrogen-bond acceptors (Lipinski definition) is 0. The Labute approximate surface area is 572 Å². The standard InChI is InChI=1S/C72H89GeI2.3C4H9.Sn/c1-61(2)21-25-65(9,10)52-33-44-40(29-48(52)61)41-30-49-53(66(11,12)26-22-62(49,3)4)34-45(41)71(44)38-69(17,18)56-37-57-59(60(58(56)71)73(74)75)72(39-70(57,19)20)46-35-54-50(63(5,6)23-27-67(54,13)14)31-42(46)43-32-51-55(36-47(43)72)68(15,16)28-24-64(51,7)8;3*1-3-4-2;/h29-37H,21-28,38-39H2,1-20H3;3*1,3-4H2,2H3;. The second-order valence-corrected chi connectivity index (χ2v) is 69.8. The zero-order valence-corrected chi connectivity index (χ0v) is 69.2. The van der Waals surface area contributed by atoms with Gasteiger partial charge in [-0.15, -0.1) is 0 Å². The summed E-state index contributed by atoms with van der Waals surface area (Å²) < 4.78 is 6.86. The van der Waals surface area contributed by atoms with E-state index in [1.54, 1.807) is 125 Å². The Bertz CT molecular complexity index is 3250. The minimum absolute atomic E-state index is 0.0326. The summed E-state index contributed by atoms with van der Waals surface area (Å²) in [5, 5.41) is 0. The molecule has 8 aliphatic rings. The molecule has 0 atom stereocenters. The monoisotopic (exact) mass is 1570 g/mol. The number of halogens is 2. The van der Waals surface area contributed by atoms with Gasteiger partial charge < -0.3 is 0 Å². The van der Waals surface area contributed by atoms with Crippen LogP contribution in [0.2, 0.25) is 13.3 Å². The van der Waals surface area contributed by atoms with E-state index in [1.165, 1.54) is 89.9 Å². The molecule has 5 aromatic carbocycles. The van der Waals surface area contributed by atoms with E-state index in [1.807, 2.05) is 4.40 Å². The second kappa shape index (κ2) is 22.0. The van der Waals surface area contributed by atoms with Gasteiger partial charge in [-0.05, 0) is 0 Å². The Morgan fingerprint density at radius 3 is 0.705 bits per heavy atom. The minimum atomic E-state index is -2.10. The summed E-state index contributed by atoms with van der Waals surface area (Å²) >= 11 is 5.34. The molecule has 0 bridgehead atoms. The van der Waals surface area contributed by atoms with Gasteiger partial charge in [0.25, 0.3) is 0 Å². The molecule has 2 spiro atoms. The van der Waals surface area contributed by atoms with Gasteiger partial charge in [0.15, 0.2) is 0 Å². The summed E-state index contributed by atoms with van der Waals surface area (Å²) in [5.41, 5.74) is 32.8. The molecule has 0 fully saturated rings. The van der Waals surface area contributed by atoms with Crippen LogP contribution in [0.25, 0.3) is 22.3 Å². The van der Waals surface area contributed by atoms with Crippen molar-refractivity contribution in [2.45, 2.75) is 340 Å². The second-order valence-electron chi connectivity index (χ2n) is 37.2. The number of fused-ring (bicyclic) bond motifs is 18. The molecule has 88 heavy (non-hydrogen) atoms. The summed E-state index contributed by atoms with van der Waals surface area (Å²) in [4.78, 5) is 0. The van der Waals surface area contributed by atoms with E-state index in [9.17, 15) is 0 Å². The third-order valence-electron chi connectivity index (χ3n) is 26.3. The molecule has 474 valence electrons. The maximum absolute atomic E-state index is 3.09.